The van der Waals surface area contributed by atoms with Crippen molar-refractivity contribution < 1.29 is 9.21 Å². The summed E-state index contributed by atoms with van der Waals surface area (Å²) in [5, 5.41) is 5.65. The first kappa shape index (κ1) is 17.5. The predicted octanol–water partition coefficient (Wildman–Crippen LogP) is 6.03. The Balaban J connectivity index is 1.77. The third-order valence-electron chi connectivity index (χ3n) is 3.09. The van der Waals surface area contributed by atoms with Gasteiger partial charge >= 0.3 is 5.91 Å². The van der Waals surface area contributed by atoms with Crippen molar-refractivity contribution in [3.8, 4) is 0 Å². The number of furan rings is 1. The topological polar surface area (TPSA) is 54.6 Å². The number of fused-ring (bicyclic) bond motifs is 1. The molecule has 0 saturated carbocycles. The lowest BCUT2D eigenvalue weighted by Gasteiger charge is -1.99. The summed E-state index contributed by atoms with van der Waals surface area (Å²) in [4.78, 5) is 12.1. The second-order valence-electron chi connectivity index (χ2n) is 4.78. The van der Waals surface area contributed by atoms with E-state index in [2.05, 4.69) is 42.4 Å². The van der Waals surface area contributed by atoms with E-state index in [1.54, 1.807) is 24.3 Å². The molecule has 1 aromatic heterocycles. The highest BCUT2D eigenvalue weighted by Gasteiger charge is 2.14. The van der Waals surface area contributed by atoms with E-state index in [9.17, 15) is 4.79 Å². The molecule has 122 valence electrons. The number of hydrazone groups is 1. The molecular weight excluding hydrogens is 483 g/mol. The molecule has 0 unspecified atom stereocenters. The fraction of sp³-hybridized carbons (Fsp3) is 0. The van der Waals surface area contributed by atoms with Gasteiger partial charge in [0.1, 0.15) is 5.58 Å². The summed E-state index contributed by atoms with van der Waals surface area (Å²) < 4.78 is 7.19. The molecule has 24 heavy (non-hydrogen) atoms. The maximum atomic E-state index is 12.1. The van der Waals surface area contributed by atoms with Crippen LogP contribution >= 0.6 is 55.1 Å². The van der Waals surface area contributed by atoms with Crippen LogP contribution in [-0.2, 0) is 0 Å². The van der Waals surface area contributed by atoms with E-state index in [0.717, 1.165) is 14.3 Å². The Kier molecular flexibility index (Phi) is 5.30. The lowest BCUT2D eigenvalue weighted by molar-refractivity contribution is 0.0929. The summed E-state index contributed by atoms with van der Waals surface area (Å²) >= 11 is 18.6. The zero-order valence-corrected chi connectivity index (χ0v) is 16.5. The SMILES string of the molecule is O=C(N/N=C\c1ccc(Cl)cc1Cl)c1cc2cc(Br)cc(Br)c2o1. The minimum Gasteiger partial charge on any atom is -0.450 e. The van der Waals surface area contributed by atoms with Crippen LogP contribution in [0.4, 0.5) is 0 Å². The number of rotatable bonds is 3. The van der Waals surface area contributed by atoms with E-state index in [1.807, 2.05) is 12.1 Å². The average Bonchev–Trinajstić information content (AvgIpc) is 2.93. The minimum atomic E-state index is -0.462. The second kappa shape index (κ2) is 7.27. The summed E-state index contributed by atoms with van der Waals surface area (Å²) in [5.41, 5.74) is 3.63. The van der Waals surface area contributed by atoms with Crippen LogP contribution in [0, 0.1) is 0 Å². The molecular formula is C16H8Br2Cl2N2O2. The van der Waals surface area contributed by atoms with Gasteiger partial charge in [-0.05, 0) is 46.3 Å². The van der Waals surface area contributed by atoms with Crippen LogP contribution in [0.1, 0.15) is 16.1 Å². The maximum Gasteiger partial charge on any atom is 0.307 e. The van der Waals surface area contributed by atoms with Gasteiger partial charge in [-0.3, -0.25) is 4.79 Å². The summed E-state index contributed by atoms with van der Waals surface area (Å²) in [5.74, 6) is -0.307. The summed E-state index contributed by atoms with van der Waals surface area (Å²) in [6.07, 6.45) is 1.44. The Morgan fingerprint density at radius 2 is 1.96 bits per heavy atom. The van der Waals surface area contributed by atoms with Crippen LogP contribution in [0.2, 0.25) is 10.0 Å². The van der Waals surface area contributed by atoms with Gasteiger partial charge in [0, 0.05) is 20.4 Å². The molecule has 1 amide bonds. The largest absolute Gasteiger partial charge is 0.450 e. The first-order valence-corrected chi connectivity index (χ1v) is 8.95. The normalized spacial score (nSPS) is 11.3. The van der Waals surface area contributed by atoms with Gasteiger partial charge in [-0.1, -0.05) is 45.2 Å². The molecule has 3 rings (SSSR count). The molecule has 0 radical (unpaired) electrons. The maximum absolute atomic E-state index is 12.1. The van der Waals surface area contributed by atoms with Crippen molar-refractivity contribution in [3.63, 3.8) is 0 Å². The Morgan fingerprint density at radius 1 is 1.17 bits per heavy atom. The first-order chi connectivity index (χ1) is 11.4. The van der Waals surface area contributed by atoms with Crippen molar-refractivity contribution in [2.75, 3.05) is 0 Å². The van der Waals surface area contributed by atoms with E-state index in [0.29, 0.717) is 21.2 Å². The molecule has 4 nitrogen and oxygen atoms in total. The highest BCUT2D eigenvalue weighted by molar-refractivity contribution is 9.11. The Labute approximate surface area is 164 Å². The van der Waals surface area contributed by atoms with Crippen LogP contribution in [0.5, 0.6) is 0 Å². The van der Waals surface area contributed by atoms with E-state index < -0.39 is 5.91 Å². The molecule has 0 saturated heterocycles. The van der Waals surface area contributed by atoms with E-state index >= 15 is 0 Å². The molecule has 8 heteroatoms. The molecule has 0 fully saturated rings. The van der Waals surface area contributed by atoms with Crippen molar-refractivity contribution in [2.45, 2.75) is 0 Å². The van der Waals surface area contributed by atoms with Gasteiger partial charge in [-0.15, -0.1) is 0 Å². The highest BCUT2D eigenvalue weighted by atomic mass is 79.9. The Bertz CT molecular complexity index is 970. The third-order valence-corrected chi connectivity index (χ3v) is 4.70. The van der Waals surface area contributed by atoms with Crippen LogP contribution in [0.25, 0.3) is 11.0 Å². The molecule has 0 atom stereocenters. The lowest BCUT2D eigenvalue weighted by atomic mass is 10.2. The number of halogens is 4. The molecule has 0 spiro atoms. The highest BCUT2D eigenvalue weighted by Crippen LogP contribution is 2.31. The zero-order valence-electron chi connectivity index (χ0n) is 11.8. The van der Waals surface area contributed by atoms with Gasteiger partial charge in [0.2, 0.25) is 0 Å². The average molecular weight is 491 g/mol. The van der Waals surface area contributed by atoms with Gasteiger partial charge in [-0.25, -0.2) is 5.43 Å². The summed E-state index contributed by atoms with van der Waals surface area (Å²) in [6, 6.07) is 10.3. The Morgan fingerprint density at radius 3 is 2.71 bits per heavy atom. The molecule has 3 aromatic rings. The summed E-state index contributed by atoms with van der Waals surface area (Å²) in [7, 11) is 0. The number of carbonyl (C=O) groups excluding carboxylic acids is 1. The smallest absolute Gasteiger partial charge is 0.307 e. The number of nitrogens with one attached hydrogen (secondary N) is 1. The van der Waals surface area contributed by atoms with Crippen molar-refractivity contribution >= 4 is 78.2 Å². The van der Waals surface area contributed by atoms with Crippen molar-refractivity contribution in [1.82, 2.24) is 5.43 Å². The Hall–Kier alpha value is -1.34. The van der Waals surface area contributed by atoms with Gasteiger partial charge in [-0.2, -0.15) is 5.10 Å². The third kappa shape index (κ3) is 3.83. The molecule has 0 aliphatic carbocycles. The number of benzene rings is 2. The van der Waals surface area contributed by atoms with Crippen molar-refractivity contribution in [1.29, 1.82) is 0 Å². The fourth-order valence-electron chi connectivity index (χ4n) is 2.01. The quantitative estimate of drug-likeness (QED) is 0.360. The minimum absolute atomic E-state index is 0.156. The fourth-order valence-corrected chi connectivity index (χ4v) is 3.81. The van der Waals surface area contributed by atoms with E-state index in [-0.39, 0.29) is 5.76 Å². The lowest BCUT2D eigenvalue weighted by Crippen LogP contribution is -2.16. The molecule has 0 aliphatic heterocycles. The predicted molar refractivity (Wildman–Crippen MR) is 103 cm³/mol. The second-order valence-corrected chi connectivity index (χ2v) is 7.40. The number of hydrogen-bond acceptors (Lipinski definition) is 3. The standard InChI is InChI=1S/C16H8Br2Cl2N2O2/c17-10-3-9-4-14(24-15(9)12(18)5-10)16(23)22-21-7-8-1-2-11(19)6-13(8)20/h1-7H,(H,22,23)/b21-7-. The molecule has 1 N–H and O–H groups in total. The monoisotopic (exact) mass is 488 g/mol. The van der Waals surface area contributed by atoms with E-state index in [4.69, 9.17) is 27.6 Å². The van der Waals surface area contributed by atoms with Gasteiger partial charge < -0.3 is 4.42 Å². The zero-order chi connectivity index (χ0) is 17.3. The van der Waals surface area contributed by atoms with Crippen LogP contribution in [0.15, 0.2) is 54.9 Å². The van der Waals surface area contributed by atoms with E-state index in [1.165, 1.54) is 6.21 Å². The van der Waals surface area contributed by atoms with Crippen LogP contribution in [-0.4, -0.2) is 12.1 Å². The van der Waals surface area contributed by atoms with Gasteiger partial charge in [0.05, 0.1) is 15.7 Å². The van der Waals surface area contributed by atoms with Crippen LogP contribution < -0.4 is 5.43 Å². The summed E-state index contributed by atoms with van der Waals surface area (Å²) in [6.45, 7) is 0. The van der Waals surface area contributed by atoms with Crippen molar-refractivity contribution in [2.24, 2.45) is 5.10 Å². The number of hydrogen-bond donors (Lipinski definition) is 1. The molecule has 1 heterocycles. The molecule has 0 bridgehead atoms. The number of amides is 1. The van der Waals surface area contributed by atoms with Gasteiger partial charge in [0.25, 0.3) is 0 Å². The van der Waals surface area contributed by atoms with Gasteiger partial charge in [0.15, 0.2) is 5.76 Å². The molecule has 2 aromatic carbocycles. The van der Waals surface area contributed by atoms with Crippen LogP contribution in [0.3, 0.4) is 0 Å². The number of nitrogens with zero attached hydrogens (tertiary/aromatic N) is 1. The molecule has 0 aliphatic rings. The van der Waals surface area contributed by atoms with Crippen molar-refractivity contribution in [3.05, 3.63) is 66.7 Å². The first-order valence-electron chi connectivity index (χ1n) is 6.61. The number of carbonyl (C=O) groups is 1.